The van der Waals surface area contributed by atoms with Gasteiger partial charge in [0.05, 0.1) is 6.04 Å². The first kappa shape index (κ1) is 13.9. The van der Waals surface area contributed by atoms with Gasteiger partial charge in [0.15, 0.2) is 0 Å². The molecule has 0 spiro atoms. The molecule has 0 fully saturated rings. The molecule has 2 aromatic rings. The van der Waals surface area contributed by atoms with Gasteiger partial charge in [-0.1, -0.05) is 41.1 Å². The Morgan fingerprint density at radius 3 is 2.50 bits per heavy atom. The van der Waals surface area contributed by atoms with Crippen molar-refractivity contribution in [1.29, 1.82) is 0 Å². The molecular formula is C15H15BrIN. The summed E-state index contributed by atoms with van der Waals surface area (Å²) in [6.07, 6.45) is 1.06. The first-order valence-corrected chi connectivity index (χ1v) is 7.84. The first-order chi connectivity index (χ1) is 8.69. The highest BCUT2D eigenvalue weighted by molar-refractivity contribution is 14.1. The van der Waals surface area contributed by atoms with Crippen LogP contribution in [-0.2, 0) is 0 Å². The Morgan fingerprint density at radius 2 is 1.89 bits per heavy atom. The van der Waals surface area contributed by atoms with E-state index in [0.717, 1.165) is 10.9 Å². The van der Waals surface area contributed by atoms with Crippen molar-refractivity contribution in [2.45, 2.75) is 19.4 Å². The number of hydrogen-bond donors (Lipinski definition) is 1. The third-order valence-electron chi connectivity index (χ3n) is 2.85. The van der Waals surface area contributed by atoms with Crippen LogP contribution in [-0.4, -0.2) is 0 Å². The van der Waals surface area contributed by atoms with E-state index in [1.54, 1.807) is 0 Å². The number of rotatable bonds is 4. The van der Waals surface area contributed by atoms with Crippen molar-refractivity contribution in [2.24, 2.45) is 0 Å². The maximum atomic E-state index is 3.59. The minimum Gasteiger partial charge on any atom is -0.378 e. The number of anilines is 1. The summed E-state index contributed by atoms with van der Waals surface area (Å²) in [5.74, 6) is 0. The summed E-state index contributed by atoms with van der Waals surface area (Å²) in [5.41, 5.74) is 2.50. The summed E-state index contributed by atoms with van der Waals surface area (Å²) in [7, 11) is 0. The standard InChI is InChI=1S/C15H15BrIN/c1-2-15(11-6-8-12(16)9-7-11)18-14-5-3-4-13(17)10-14/h3-10,15,18H,2H2,1H3. The maximum Gasteiger partial charge on any atom is 0.0511 e. The lowest BCUT2D eigenvalue weighted by molar-refractivity contribution is 0.749. The highest BCUT2D eigenvalue weighted by Gasteiger charge is 2.08. The summed E-state index contributed by atoms with van der Waals surface area (Å²) in [6.45, 7) is 2.20. The van der Waals surface area contributed by atoms with Gasteiger partial charge in [0.25, 0.3) is 0 Å². The largest absolute Gasteiger partial charge is 0.378 e. The van der Waals surface area contributed by atoms with Gasteiger partial charge in [0.1, 0.15) is 0 Å². The maximum absolute atomic E-state index is 3.59. The minimum absolute atomic E-state index is 0.358. The summed E-state index contributed by atoms with van der Waals surface area (Å²) >= 11 is 5.81. The topological polar surface area (TPSA) is 12.0 Å². The Hall–Kier alpha value is -0.550. The molecule has 0 aromatic heterocycles. The van der Waals surface area contributed by atoms with Gasteiger partial charge < -0.3 is 5.32 Å². The van der Waals surface area contributed by atoms with Gasteiger partial charge in [0, 0.05) is 13.7 Å². The second-order valence-corrected chi connectivity index (χ2v) is 6.33. The monoisotopic (exact) mass is 415 g/mol. The molecule has 0 bridgehead atoms. The van der Waals surface area contributed by atoms with Gasteiger partial charge in [-0.25, -0.2) is 0 Å². The van der Waals surface area contributed by atoms with Crippen molar-refractivity contribution < 1.29 is 0 Å². The lowest BCUT2D eigenvalue weighted by Gasteiger charge is -2.19. The van der Waals surface area contributed by atoms with Gasteiger partial charge in [-0.2, -0.15) is 0 Å². The van der Waals surface area contributed by atoms with Crippen molar-refractivity contribution in [3.8, 4) is 0 Å². The van der Waals surface area contributed by atoms with Crippen LogP contribution in [0.5, 0.6) is 0 Å². The highest BCUT2D eigenvalue weighted by Crippen LogP contribution is 2.24. The molecule has 94 valence electrons. The fourth-order valence-electron chi connectivity index (χ4n) is 1.90. The molecule has 0 amide bonds. The highest BCUT2D eigenvalue weighted by atomic mass is 127. The van der Waals surface area contributed by atoms with Gasteiger partial charge in [-0.05, 0) is 64.9 Å². The third kappa shape index (κ3) is 3.72. The summed E-state index contributed by atoms with van der Waals surface area (Å²) in [5, 5.41) is 3.59. The lowest BCUT2D eigenvalue weighted by Crippen LogP contribution is -2.09. The fourth-order valence-corrected chi connectivity index (χ4v) is 2.70. The van der Waals surface area contributed by atoms with E-state index < -0.39 is 0 Å². The zero-order chi connectivity index (χ0) is 13.0. The number of hydrogen-bond acceptors (Lipinski definition) is 1. The Labute approximate surface area is 130 Å². The predicted molar refractivity (Wildman–Crippen MR) is 90.0 cm³/mol. The minimum atomic E-state index is 0.358. The molecule has 0 saturated heterocycles. The lowest BCUT2D eigenvalue weighted by atomic mass is 10.0. The predicted octanol–water partition coefficient (Wildman–Crippen LogP) is 5.62. The smallest absolute Gasteiger partial charge is 0.0511 e. The zero-order valence-electron chi connectivity index (χ0n) is 10.2. The Kier molecular flexibility index (Phi) is 5.06. The van der Waals surface area contributed by atoms with E-state index in [2.05, 4.69) is 99.3 Å². The molecule has 18 heavy (non-hydrogen) atoms. The van der Waals surface area contributed by atoms with Crippen molar-refractivity contribution in [3.63, 3.8) is 0 Å². The van der Waals surface area contributed by atoms with Crippen LogP contribution < -0.4 is 5.32 Å². The van der Waals surface area contributed by atoms with Crippen LogP contribution in [0.2, 0.25) is 0 Å². The van der Waals surface area contributed by atoms with E-state index in [9.17, 15) is 0 Å². The van der Waals surface area contributed by atoms with Crippen LogP contribution in [0.25, 0.3) is 0 Å². The summed E-state index contributed by atoms with van der Waals surface area (Å²) in [4.78, 5) is 0. The van der Waals surface area contributed by atoms with Crippen LogP contribution in [0.1, 0.15) is 24.9 Å². The van der Waals surface area contributed by atoms with Crippen molar-refractivity contribution in [1.82, 2.24) is 0 Å². The molecule has 0 aliphatic heterocycles. The number of nitrogens with one attached hydrogen (secondary N) is 1. The molecule has 2 aromatic carbocycles. The van der Waals surface area contributed by atoms with E-state index in [1.165, 1.54) is 14.8 Å². The quantitative estimate of drug-likeness (QED) is 0.639. The second-order valence-electron chi connectivity index (χ2n) is 4.17. The van der Waals surface area contributed by atoms with Gasteiger partial charge >= 0.3 is 0 Å². The molecule has 3 heteroatoms. The van der Waals surface area contributed by atoms with Crippen LogP contribution in [0.4, 0.5) is 5.69 Å². The van der Waals surface area contributed by atoms with Crippen molar-refractivity contribution in [3.05, 3.63) is 62.1 Å². The van der Waals surface area contributed by atoms with Crippen LogP contribution in [0.3, 0.4) is 0 Å². The molecule has 0 aliphatic rings. The molecule has 0 saturated carbocycles. The van der Waals surface area contributed by atoms with Crippen molar-refractivity contribution in [2.75, 3.05) is 5.32 Å². The molecule has 1 unspecified atom stereocenters. The van der Waals surface area contributed by atoms with Crippen molar-refractivity contribution >= 4 is 44.2 Å². The molecule has 1 N–H and O–H groups in total. The molecule has 2 rings (SSSR count). The van der Waals surface area contributed by atoms with Crippen LogP contribution >= 0.6 is 38.5 Å². The van der Waals surface area contributed by atoms with E-state index in [4.69, 9.17) is 0 Å². The van der Waals surface area contributed by atoms with E-state index >= 15 is 0 Å². The molecular weight excluding hydrogens is 401 g/mol. The molecule has 0 aliphatic carbocycles. The molecule has 1 nitrogen and oxygen atoms in total. The average Bonchev–Trinajstić information content (AvgIpc) is 2.37. The normalized spacial score (nSPS) is 12.2. The molecule has 0 heterocycles. The van der Waals surface area contributed by atoms with Gasteiger partial charge in [0.2, 0.25) is 0 Å². The zero-order valence-corrected chi connectivity index (χ0v) is 13.9. The Bertz CT molecular complexity index is 510. The molecule has 1 atom stereocenters. The average molecular weight is 416 g/mol. The summed E-state index contributed by atoms with van der Waals surface area (Å²) < 4.78 is 2.37. The second kappa shape index (κ2) is 6.57. The SMILES string of the molecule is CCC(Nc1cccc(I)c1)c1ccc(Br)cc1. The molecule has 0 radical (unpaired) electrons. The Morgan fingerprint density at radius 1 is 1.17 bits per heavy atom. The van der Waals surface area contributed by atoms with Gasteiger partial charge in [-0.15, -0.1) is 0 Å². The number of benzene rings is 2. The van der Waals surface area contributed by atoms with Crippen LogP contribution in [0, 0.1) is 3.57 Å². The van der Waals surface area contributed by atoms with E-state index in [-0.39, 0.29) is 0 Å². The Balaban J connectivity index is 2.17. The van der Waals surface area contributed by atoms with E-state index in [1.807, 2.05) is 0 Å². The van der Waals surface area contributed by atoms with E-state index in [0.29, 0.717) is 6.04 Å². The summed E-state index contributed by atoms with van der Waals surface area (Å²) in [6, 6.07) is 17.3. The van der Waals surface area contributed by atoms with Gasteiger partial charge in [-0.3, -0.25) is 0 Å². The van der Waals surface area contributed by atoms with Crippen LogP contribution in [0.15, 0.2) is 53.0 Å². The third-order valence-corrected chi connectivity index (χ3v) is 4.05. The fraction of sp³-hybridized carbons (Fsp3) is 0.200. The number of halogens is 2. The first-order valence-electron chi connectivity index (χ1n) is 5.96.